The maximum absolute atomic E-state index is 13.6. The lowest BCUT2D eigenvalue weighted by Gasteiger charge is -2.32. The molecule has 178 valence electrons. The van der Waals surface area contributed by atoms with Crippen LogP contribution in [0.5, 0.6) is 0 Å². The summed E-state index contributed by atoms with van der Waals surface area (Å²) in [6, 6.07) is 1.82. The third-order valence-corrected chi connectivity index (χ3v) is 6.33. The molecule has 1 saturated carbocycles. The molecular weight excluding hydrogens is 422 g/mol. The summed E-state index contributed by atoms with van der Waals surface area (Å²) in [4.78, 5) is 60.2. The lowest BCUT2D eigenvalue weighted by molar-refractivity contribution is -0.126. The van der Waals surface area contributed by atoms with Gasteiger partial charge in [-0.25, -0.2) is 9.78 Å². The molecule has 0 aromatic carbocycles. The molecule has 1 aliphatic carbocycles. The summed E-state index contributed by atoms with van der Waals surface area (Å²) in [5, 5.41) is 3.12. The van der Waals surface area contributed by atoms with Gasteiger partial charge in [0, 0.05) is 43.2 Å². The molecule has 2 N–H and O–H groups in total. The fraction of sp³-hybridized carbons (Fsp3) is 0.625. The molecule has 3 heterocycles. The van der Waals surface area contributed by atoms with Crippen molar-refractivity contribution in [2.75, 3.05) is 13.1 Å². The van der Waals surface area contributed by atoms with E-state index in [0.29, 0.717) is 38.0 Å². The Morgan fingerprint density at radius 3 is 2.36 bits per heavy atom. The summed E-state index contributed by atoms with van der Waals surface area (Å²) in [5.74, 6) is 0.0860. The normalized spacial score (nSPS) is 17.2. The van der Waals surface area contributed by atoms with Crippen molar-refractivity contribution in [1.82, 2.24) is 24.8 Å². The van der Waals surface area contributed by atoms with Crippen LogP contribution in [0, 0.1) is 11.8 Å². The SMILES string of the molecule is CC(C)Cn1c(=O)[nH]c(=O)c2c(C(=O)N3CCC(C(=O)NC(C)C)CC3)cc(C3CC3)nc21. The number of rotatable bonds is 6. The zero-order valence-electron chi connectivity index (χ0n) is 19.8. The summed E-state index contributed by atoms with van der Waals surface area (Å²) >= 11 is 0. The van der Waals surface area contributed by atoms with Gasteiger partial charge in [-0.2, -0.15) is 0 Å². The molecule has 33 heavy (non-hydrogen) atoms. The first-order chi connectivity index (χ1) is 15.7. The first-order valence-electron chi connectivity index (χ1n) is 11.9. The van der Waals surface area contributed by atoms with E-state index >= 15 is 0 Å². The summed E-state index contributed by atoms with van der Waals surface area (Å²) in [7, 11) is 0. The van der Waals surface area contributed by atoms with E-state index in [1.807, 2.05) is 27.7 Å². The van der Waals surface area contributed by atoms with Gasteiger partial charge in [0.1, 0.15) is 0 Å². The average molecular weight is 456 g/mol. The lowest BCUT2D eigenvalue weighted by Crippen LogP contribution is -2.44. The van der Waals surface area contributed by atoms with E-state index in [9.17, 15) is 19.2 Å². The molecule has 2 amide bonds. The highest BCUT2D eigenvalue weighted by molar-refractivity contribution is 6.05. The van der Waals surface area contributed by atoms with Crippen LogP contribution in [0.3, 0.4) is 0 Å². The van der Waals surface area contributed by atoms with E-state index in [1.54, 1.807) is 11.0 Å². The summed E-state index contributed by atoms with van der Waals surface area (Å²) < 4.78 is 1.48. The highest BCUT2D eigenvalue weighted by atomic mass is 16.2. The van der Waals surface area contributed by atoms with Crippen LogP contribution in [0.2, 0.25) is 0 Å². The van der Waals surface area contributed by atoms with Gasteiger partial charge in [-0.15, -0.1) is 0 Å². The van der Waals surface area contributed by atoms with Crippen LogP contribution in [0.4, 0.5) is 0 Å². The number of piperidine rings is 1. The second-order valence-corrected chi connectivity index (χ2v) is 10.1. The molecular formula is C24H33N5O4. The quantitative estimate of drug-likeness (QED) is 0.691. The van der Waals surface area contributed by atoms with Crippen LogP contribution in [0.1, 0.15) is 75.3 Å². The monoisotopic (exact) mass is 455 g/mol. The molecule has 1 saturated heterocycles. The Hall–Kier alpha value is -2.97. The number of likely N-dealkylation sites (tertiary alicyclic amines) is 1. The Morgan fingerprint density at radius 1 is 1.12 bits per heavy atom. The number of carbonyl (C=O) groups is 2. The lowest BCUT2D eigenvalue weighted by atomic mass is 9.95. The Bertz CT molecular complexity index is 1180. The molecule has 2 aromatic rings. The van der Waals surface area contributed by atoms with Crippen LogP contribution >= 0.6 is 0 Å². The molecule has 2 aliphatic rings. The van der Waals surface area contributed by atoms with Gasteiger partial charge in [-0.1, -0.05) is 13.8 Å². The van der Waals surface area contributed by atoms with Crippen molar-refractivity contribution in [1.29, 1.82) is 0 Å². The number of hydrogen-bond donors (Lipinski definition) is 2. The predicted octanol–water partition coefficient (Wildman–Crippen LogP) is 1.99. The first kappa shape index (κ1) is 23.2. The Labute approximate surface area is 192 Å². The van der Waals surface area contributed by atoms with Gasteiger partial charge in [0.05, 0.1) is 10.9 Å². The molecule has 9 heteroatoms. The highest BCUT2D eigenvalue weighted by Gasteiger charge is 2.32. The molecule has 0 spiro atoms. The number of hydrogen-bond acceptors (Lipinski definition) is 5. The second-order valence-electron chi connectivity index (χ2n) is 10.1. The first-order valence-corrected chi connectivity index (χ1v) is 11.9. The van der Waals surface area contributed by atoms with E-state index in [1.165, 1.54) is 4.57 Å². The number of nitrogens with zero attached hydrogens (tertiary/aromatic N) is 3. The van der Waals surface area contributed by atoms with Gasteiger partial charge in [0.25, 0.3) is 11.5 Å². The summed E-state index contributed by atoms with van der Waals surface area (Å²) in [5.41, 5.74) is 0.262. The molecule has 0 unspecified atom stereocenters. The molecule has 9 nitrogen and oxygen atoms in total. The second kappa shape index (κ2) is 9.11. The van der Waals surface area contributed by atoms with Crippen LogP contribution in [-0.2, 0) is 11.3 Å². The fourth-order valence-electron chi connectivity index (χ4n) is 4.50. The maximum atomic E-state index is 13.6. The topological polar surface area (TPSA) is 117 Å². The Kier molecular flexibility index (Phi) is 6.41. The van der Waals surface area contributed by atoms with Crippen LogP contribution in [0.15, 0.2) is 15.7 Å². The van der Waals surface area contributed by atoms with Crippen molar-refractivity contribution >= 4 is 22.8 Å². The third-order valence-electron chi connectivity index (χ3n) is 6.33. The van der Waals surface area contributed by atoms with Gasteiger partial charge in [0.15, 0.2) is 5.65 Å². The summed E-state index contributed by atoms with van der Waals surface area (Å²) in [6.45, 7) is 9.12. The maximum Gasteiger partial charge on any atom is 0.330 e. The molecule has 4 rings (SSSR count). The number of carbonyl (C=O) groups excluding carboxylic acids is 2. The number of amides is 2. The molecule has 0 radical (unpaired) electrons. The van der Waals surface area contributed by atoms with E-state index in [4.69, 9.17) is 0 Å². The molecule has 2 fully saturated rings. The van der Waals surface area contributed by atoms with Crippen LogP contribution in [-0.4, -0.2) is 50.4 Å². The van der Waals surface area contributed by atoms with E-state index in [-0.39, 0.29) is 46.6 Å². The van der Waals surface area contributed by atoms with E-state index < -0.39 is 11.2 Å². The van der Waals surface area contributed by atoms with Gasteiger partial charge in [-0.3, -0.25) is 23.9 Å². The van der Waals surface area contributed by atoms with Gasteiger partial charge < -0.3 is 10.2 Å². The van der Waals surface area contributed by atoms with Crippen molar-refractivity contribution < 1.29 is 9.59 Å². The van der Waals surface area contributed by atoms with Crippen molar-refractivity contribution in [3.8, 4) is 0 Å². The smallest absolute Gasteiger partial charge is 0.330 e. The van der Waals surface area contributed by atoms with E-state index in [2.05, 4.69) is 15.3 Å². The van der Waals surface area contributed by atoms with Crippen molar-refractivity contribution in [2.45, 2.75) is 71.9 Å². The third kappa shape index (κ3) is 4.86. The number of H-pyrrole nitrogens is 1. The minimum absolute atomic E-state index is 0.0247. The number of fused-ring (bicyclic) bond motifs is 1. The highest BCUT2D eigenvalue weighted by Crippen LogP contribution is 2.40. The van der Waals surface area contributed by atoms with Gasteiger partial charge >= 0.3 is 5.69 Å². The zero-order valence-corrected chi connectivity index (χ0v) is 19.8. The fourth-order valence-corrected chi connectivity index (χ4v) is 4.50. The zero-order chi connectivity index (χ0) is 23.9. The van der Waals surface area contributed by atoms with Gasteiger partial charge in [0.2, 0.25) is 5.91 Å². The minimum Gasteiger partial charge on any atom is -0.354 e. The average Bonchev–Trinajstić information content (AvgIpc) is 3.60. The standard InChI is InChI=1S/C24H33N5O4/c1-13(2)12-29-20-19(22(31)27-24(29)33)17(11-18(26-20)15-5-6-15)23(32)28-9-7-16(8-10-28)21(30)25-14(3)4/h11,13-16H,5-10,12H2,1-4H3,(H,25,30)(H,27,31,33). The molecule has 0 bridgehead atoms. The number of aromatic nitrogens is 3. The van der Waals surface area contributed by atoms with Crippen LogP contribution in [0.25, 0.3) is 11.0 Å². The molecule has 2 aromatic heterocycles. The summed E-state index contributed by atoms with van der Waals surface area (Å²) in [6.07, 6.45) is 3.13. The van der Waals surface area contributed by atoms with Crippen LogP contribution < -0.4 is 16.6 Å². The van der Waals surface area contributed by atoms with Crippen molar-refractivity contribution in [2.24, 2.45) is 11.8 Å². The van der Waals surface area contributed by atoms with Gasteiger partial charge in [-0.05, 0) is 51.5 Å². The van der Waals surface area contributed by atoms with Crippen molar-refractivity contribution in [3.05, 3.63) is 38.2 Å². The Balaban J connectivity index is 1.70. The predicted molar refractivity (Wildman–Crippen MR) is 125 cm³/mol. The van der Waals surface area contributed by atoms with E-state index in [0.717, 1.165) is 18.5 Å². The molecule has 0 atom stereocenters. The number of nitrogens with one attached hydrogen (secondary N) is 2. The minimum atomic E-state index is -0.584. The van der Waals surface area contributed by atoms with Crippen molar-refractivity contribution in [3.63, 3.8) is 0 Å². The Morgan fingerprint density at radius 2 is 1.79 bits per heavy atom. The number of pyridine rings is 1. The number of aromatic amines is 1. The largest absolute Gasteiger partial charge is 0.354 e. The molecule has 1 aliphatic heterocycles.